The zero-order valence-electron chi connectivity index (χ0n) is 15.7. The number of nitrogens with zero attached hydrogens (tertiary/aromatic N) is 6. The number of hydrogen-bond donors (Lipinski definition) is 1. The molecular weight excluding hydrogens is 346 g/mol. The molecule has 0 aromatic carbocycles. The normalized spacial score (nSPS) is 12.0. The van der Waals surface area contributed by atoms with E-state index in [1.54, 1.807) is 25.6 Å². The Morgan fingerprint density at radius 3 is 2.96 bits per heavy atom. The molecule has 9 heteroatoms. The van der Waals surface area contributed by atoms with E-state index in [0.29, 0.717) is 18.0 Å². The average molecular weight is 369 g/mol. The molecule has 2 amide bonds. The van der Waals surface area contributed by atoms with Gasteiger partial charge in [-0.05, 0) is 25.5 Å². The molecule has 142 valence electrons. The van der Waals surface area contributed by atoms with Crippen molar-refractivity contribution < 1.29 is 9.32 Å². The minimum atomic E-state index is -0.257. The molecule has 0 unspecified atom stereocenters. The number of hydrogen-bond acceptors (Lipinski definition) is 6. The Hall–Kier alpha value is -3.23. The maximum absolute atomic E-state index is 12.5. The number of nitrogens with one attached hydrogen (secondary N) is 1. The summed E-state index contributed by atoms with van der Waals surface area (Å²) in [7, 11) is 1.70. The molecule has 1 N–H and O–H groups in total. The van der Waals surface area contributed by atoms with Crippen molar-refractivity contribution in [2.45, 2.75) is 39.4 Å². The van der Waals surface area contributed by atoms with Crippen LogP contribution in [0.15, 0.2) is 41.3 Å². The molecule has 0 bridgehead atoms. The van der Waals surface area contributed by atoms with Gasteiger partial charge in [-0.15, -0.1) is 10.2 Å². The molecule has 0 saturated carbocycles. The molecular formula is C18H23N7O2. The van der Waals surface area contributed by atoms with Crippen molar-refractivity contribution in [3.8, 4) is 11.4 Å². The van der Waals surface area contributed by atoms with Gasteiger partial charge in [0.15, 0.2) is 11.6 Å². The van der Waals surface area contributed by atoms with Crippen LogP contribution in [0, 0.1) is 0 Å². The quantitative estimate of drug-likeness (QED) is 0.687. The van der Waals surface area contributed by atoms with Gasteiger partial charge in [0, 0.05) is 25.9 Å². The van der Waals surface area contributed by atoms with Crippen LogP contribution in [0.2, 0.25) is 0 Å². The molecule has 3 rings (SSSR count). The van der Waals surface area contributed by atoms with E-state index >= 15 is 0 Å². The molecule has 3 aromatic rings. The maximum atomic E-state index is 12.5. The second kappa shape index (κ2) is 8.43. The summed E-state index contributed by atoms with van der Waals surface area (Å²) < 4.78 is 7.28. The Kier molecular flexibility index (Phi) is 5.80. The van der Waals surface area contributed by atoms with E-state index in [2.05, 4.69) is 32.6 Å². The van der Waals surface area contributed by atoms with E-state index in [1.807, 2.05) is 29.7 Å². The molecule has 27 heavy (non-hydrogen) atoms. The molecule has 1 atom stereocenters. The summed E-state index contributed by atoms with van der Waals surface area (Å²) in [5, 5.41) is 15.0. The fourth-order valence-electron chi connectivity index (χ4n) is 2.70. The molecule has 3 aromatic heterocycles. The van der Waals surface area contributed by atoms with Gasteiger partial charge in [-0.3, -0.25) is 4.98 Å². The molecule has 0 saturated heterocycles. The van der Waals surface area contributed by atoms with Crippen molar-refractivity contribution >= 4 is 6.03 Å². The van der Waals surface area contributed by atoms with Crippen molar-refractivity contribution in [2.75, 3.05) is 7.05 Å². The summed E-state index contributed by atoms with van der Waals surface area (Å²) in [6.07, 6.45) is 4.34. The number of pyridine rings is 1. The minimum absolute atomic E-state index is 0.232. The predicted molar refractivity (Wildman–Crippen MR) is 98.5 cm³/mol. The van der Waals surface area contributed by atoms with E-state index in [-0.39, 0.29) is 12.1 Å². The van der Waals surface area contributed by atoms with Crippen LogP contribution in [0.25, 0.3) is 11.4 Å². The minimum Gasteiger partial charge on any atom is -0.359 e. The number of carbonyl (C=O) groups is 1. The molecule has 9 nitrogen and oxygen atoms in total. The summed E-state index contributed by atoms with van der Waals surface area (Å²) in [4.78, 5) is 18.2. The second-order valence-electron chi connectivity index (χ2n) is 6.30. The van der Waals surface area contributed by atoms with Crippen LogP contribution < -0.4 is 5.32 Å². The SMILES string of the molecule is CCCn1cnnc1[C@H](C)NC(=O)N(C)Cc1cc(-c2ccccn2)no1. The van der Waals surface area contributed by atoms with Gasteiger partial charge in [0.25, 0.3) is 0 Å². The Labute approximate surface area is 157 Å². The van der Waals surface area contributed by atoms with Crippen LogP contribution in [0.4, 0.5) is 4.79 Å². The van der Waals surface area contributed by atoms with Crippen molar-refractivity contribution in [3.05, 3.63) is 48.4 Å². The number of rotatable bonds is 7. The van der Waals surface area contributed by atoms with Gasteiger partial charge in [0.2, 0.25) is 0 Å². The molecule has 0 fully saturated rings. The number of aromatic nitrogens is 5. The van der Waals surface area contributed by atoms with E-state index in [1.165, 1.54) is 4.90 Å². The lowest BCUT2D eigenvalue weighted by molar-refractivity contribution is 0.197. The first-order valence-electron chi connectivity index (χ1n) is 8.84. The predicted octanol–water partition coefficient (Wildman–Crippen LogP) is 2.64. The first kappa shape index (κ1) is 18.6. The number of amides is 2. The first-order valence-corrected chi connectivity index (χ1v) is 8.84. The third-order valence-corrected chi connectivity index (χ3v) is 4.06. The Balaban J connectivity index is 1.59. The fourth-order valence-corrected chi connectivity index (χ4v) is 2.70. The summed E-state index contributed by atoms with van der Waals surface area (Å²) in [5.74, 6) is 1.31. The van der Waals surface area contributed by atoms with Gasteiger partial charge < -0.3 is 19.3 Å². The molecule has 0 aliphatic heterocycles. The van der Waals surface area contributed by atoms with Crippen LogP contribution in [-0.4, -0.2) is 42.9 Å². The zero-order valence-corrected chi connectivity index (χ0v) is 15.7. The lowest BCUT2D eigenvalue weighted by Crippen LogP contribution is -2.38. The van der Waals surface area contributed by atoms with Crippen LogP contribution in [0.5, 0.6) is 0 Å². The smallest absolute Gasteiger partial charge is 0.318 e. The first-order chi connectivity index (χ1) is 13.1. The molecule has 3 heterocycles. The molecule has 0 aliphatic carbocycles. The summed E-state index contributed by atoms with van der Waals surface area (Å²) in [6, 6.07) is 6.87. The van der Waals surface area contributed by atoms with Crippen molar-refractivity contribution in [1.82, 2.24) is 35.1 Å². The number of urea groups is 1. The second-order valence-corrected chi connectivity index (χ2v) is 6.30. The van der Waals surface area contributed by atoms with Crippen LogP contribution in [0.1, 0.15) is 37.9 Å². The molecule has 0 aliphatic rings. The molecule has 0 radical (unpaired) electrons. The Morgan fingerprint density at radius 1 is 1.37 bits per heavy atom. The Bertz CT molecular complexity index is 875. The van der Waals surface area contributed by atoms with Gasteiger partial charge in [0.05, 0.1) is 18.3 Å². The van der Waals surface area contributed by atoms with Crippen molar-refractivity contribution in [1.29, 1.82) is 0 Å². The van der Waals surface area contributed by atoms with Gasteiger partial charge in [-0.2, -0.15) is 0 Å². The van der Waals surface area contributed by atoms with Crippen LogP contribution >= 0.6 is 0 Å². The highest BCUT2D eigenvalue weighted by Crippen LogP contribution is 2.17. The van der Waals surface area contributed by atoms with Crippen LogP contribution in [-0.2, 0) is 13.1 Å². The van der Waals surface area contributed by atoms with E-state index in [4.69, 9.17) is 4.52 Å². The highest BCUT2D eigenvalue weighted by molar-refractivity contribution is 5.74. The van der Waals surface area contributed by atoms with E-state index in [9.17, 15) is 4.79 Å². The summed E-state index contributed by atoms with van der Waals surface area (Å²) in [5.41, 5.74) is 1.36. The van der Waals surface area contributed by atoms with Crippen molar-refractivity contribution in [3.63, 3.8) is 0 Å². The highest BCUT2D eigenvalue weighted by Gasteiger charge is 2.19. The third-order valence-electron chi connectivity index (χ3n) is 4.06. The monoisotopic (exact) mass is 369 g/mol. The number of carbonyl (C=O) groups excluding carboxylic acids is 1. The highest BCUT2D eigenvalue weighted by atomic mass is 16.5. The lowest BCUT2D eigenvalue weighted by Gasteiger charge is -2.20. The van der Waals surface area contributed by atoms with Gasteiger partial charge in [-0.1, -0.05) is 18.1 Å². The summed E-state index contributed by atoms with van der Waals surface area (Å²) >= 11 is 0. The van der Waals surface area contributed by atoms with Gasteiger partial charge in [-0.25, -0.2) is 4.79 Å². The number of aryl methyl sites for hydroxylation is 1. The zero-order chi connectivity index (χ0) is 19.2. The largest absolute Gasteiger partial charge is 0.359 e. The van der Waals surface area contributed by atoms with E-state index in [0.717, 1.165) is 24.5 Å². The van der Waals surface area contributed by atoms with Gasteiger partial charge >= 0.3 is 6.03 Å². The lowest BCUT2D eigenvalue weighted by atomic mass is 10.2. The average Bonchev–Trinajstić information content (AvgIpc) is 3.32. The van der Waals surface area contributed by atoms with Crippen molar-refractivity contribution in [2.24, 2.45) is 0 Å². The van der Waals surface area contributed by atoms with Crippen LogP contribution in [0.3, 0.4) is 0 Å². The summed E-state index contributed by atoms with van der Waals surface area (Å²) in [6.45, 7) is 5.07. The van der Waals surface area contributed by atoms with E-state index < -0.39 is 0 Å². The van der Waals surface area contributed by atoms with Gasteiger partial charge in [0.1, 0.15) is 12.0 Å². The third kappa shape index (κ3) is 4.49. The maximum Gasteiger partial charge on any atom is 0.318 e. The molecule has 0 spiro atoms. The fraction of sp³-hybridized carbons (Fsp3) is 0.389. The standard InChI is InChI=1S/C18H23N7O2/c1-4-9-25-12-20-22-17(25)13(2)21-18(26)24(3)11-14-10-16(23-27-14)15-7-5-6-8-19-15/h5-8,10,12-13H,4,9,11H2,1-3H3,(H,21,26)/t13-/m0/s1. The Morgan fingerprint density at radius 2 is 2.22 bits per heavy atom. The topological polar surface area (TPSA) is 102 Å².